The minimum Gasteiger partial charge on any atom is -0.370 e. The first-order valence-electron chi connectivity index (χ1n) is 10.5. The van der Waals surface area contributed by atoms with E-state index in [1.807, 2.05) is 13.8 Å². The van der Waals surface area contributed by atoms with Crippen molar-refractivity contribution in [1.29, 1.82) is 0 Å². The van der Waals surface area contributed by atoms with E-state index in [9.17, 15) is 4.79 Å². The second kappa shape index (κ2) is 13.7. The summed E-state index contributed by atoms with van der Waals surface area (Å²) < 4.78 is 17.1. The van der Waals surface area contributed by atoms with Gasteiger partial charge in [-0.2, -0.15) is 0 Å². The number of Topliss-reactive ketones (excluding diaryl/α,β-unsaturated/α-hetero) is 1. The number of carbonyl (C=O) groups is 1. The van der Waals surface area contributed by atoms with Gasteiger partial charge in [-0.15, -0.1) is 0 Å². The first-order chi connectivity index (χ1) is 12.1. The standard InChI is InChI=1S/C21H40O4/c1-4-6-7-8-9-10-11-12-13-14-15-16-21(3,25-5-2)20-23-17-19(22)18-24-20/h20H,4-18H2,1-3H3. The first kappa shape index (κ1) is 22.6. The second-order valence-electron chi connectivity index (χ2n) is 7.52. The third-order valence-corrected chi connectivity index (χ3v) is 5.04. The van der Waals surface area contributed by atoms with E-state index < -0.39 is 11.9 Å². The van der Waals surface area contributed by atoms with E-state index >= 15 is 0 Å². The Hall–Kier alpha value is -0.450. The average molecular weight is 357 g/mol. The van der Waals surface area contributed by atoms with E-state index in [4.69, 9.17) is 14.2 Å². The van der Waals surface area contributed by atoms with Crippen LogP contribution < -0.4 is 0 Å². The average Bonchev–Trinajstić information content (AvgIpc) is 2.60. The molecule has 25 heavy (non-hydrogen) atoms. The van der Waals surface area contributed by atoms with Gasteiger partial charge >= 0.3 is 0 Å². The number of carbonyl (C=O) groups excluding carboxylic acids is 1. The number of ether oxygens (including phenoxy) is 3. The van der Waals surface area contributed by atoms with Gasteiger partial charge in [0.05, 0.1) is 0 Å². The summed E-state index contributed by atoms with van der Waals surface area (Å²) in [5, 5.41) is 0. The Morgan fingerprint density at radius 2 is 1.36 bits per heavy atom. The van der Waals surface area contributed by atoms with Crippen molar-refractivity contribution >= 4 is 5.78 Å². The van der Waals surface area contributed by atoms with Gasteiger partial charge in [-0.3, -0.25) is 4.79 Å². The van der Waals surface area contributed by atoms with Gasteiger partial charge in [0.1, 0.15) is 18.8 Å². The quantitative estimate of drug-likeness (QED) is 0.367. The van der Waals surface area contributed by atoms with Crippen LogP contribution in [0, 0.1) is 0 Å². The van der Waals surface area contributed by atoms with Crippen LogP contribution >= 0.6 is 0 Å². The lowest BCUT2D eigenvalue weighted by Crippen LogP contribution is -2.49. The van der Waals surface area contributed by atoms with Crippen molar-refractivity contribution in [2.24, 2.45) is 0 Å². The summed E-state index contributed by atoms with van der Waals surface area (Å²) in [5.74, 6) is 0.00444. The smallest absolute Gasteiger partial charge is 0.187 e. The monoisotopic (exact) mass is 356 g/mol. The maximum atomic E-state index is 11.3. The molecule has 0 aromatic heterocycles. The van der Waals surface area contributed by atoms with Crippen LogP contribution in [-0.4, -0.2) is 37.5 Å². The van der Waals surface area contributed by atoms with Gasteiger partial charge in [0.2, 0.25) is 0 Å². The van der Waals surface area contributed by atoms with Gasteiger partial charge in [0, 0.05) is 6.61 Å². The number of ketones is 1. The summed E-state index contributed by atoms with van der Waals surface area (Å²) >= 11 is 0. The third kappa shape index (κ3) is 9.72. The highest BCUT2D eigenvalue weighted by Gasteiger charge is 2.39. The molecule has 1 atom stereocenters. The summed E-state index contributed by atoms with van der Waals surface area (Å²) in [5.41, 5.74) is -0.450. The maximum Gasteiger partial charge on any atom is 0.187 e. The summed E-state index contributed by atoms with van der Waals surface area (Å²) in [6.07, 6.45) is 15.1. The molecule has 0 N–H and O–H groups in total. The normalized spacial score (nSPS) is 18.4. The van der Waals surface area contributed by atoms with Crippen molar-refractivity contribution < 1.29 is 19.0 Å². The van der Waals surface area contributed by atoms with Crippen molar-refractivity contribution in [1.82, 2.24) is 0 Å². The highest BCUT2D eigenvalue weighted by atomic mass is 16.7. The molecule has 4 heteroatoms. The molecule has 1 aliphatic rings. The van der Waals surface area contributed by atoms with E-state index in [0.717, 1.165) is 12.8 Å². The molecule has 148 valence electrons. The van der Waals surface area contributed by atoms with E-state index in [0.29, 0.717) is 6.61 Å². The Bertz CT molecular complexity index is 335. The summed E-state index contributed by atoms with van der Waals surface area (Å²) in [4.78, 5) is 11.3. The molecule has 0 saturated carbocycles. The van der Waals surface area contributed by atoms with E-state index in [2.05, 4.69) is 6.92 Å². The van der Waals surface area contributed by atoms with E-state index in [1.54, 1.807) is 0 Å². The van der Waals surface area contributed by atoms with Crippen molar-refractivity contribution in [2.75, 3.05) is 19.8 Å². The van der Waals surface area contributed by atoms with Gasteiger partial charge < -0.3 is 14.2 Å². The molecular weight excluding hydrogens is 316 g/mol. The van der Waals surface area contributed by atoms with Gasteiger partial charge in [-0.1, -0.05) is 77.6 Å². The van der Waals surface area contributed by atoms with E-state index in [1.165, 1.54) is 64.2 Å². The molecule has 0 spiro atoms. The predicted molar refractivity (Wildman–Crippen MR) is 102 cm³/mol. The molecule has 1 aliphatic heterocycles. The zero-order chi connectivity index (χ0) is 18.4. The fourth-order valence-electron chi connectivity index (χ4n) is 3.51. The highest BCUT2D eigenvalue weighted by molar-refractivity contribution is 5.81. The van der Waals surface area contributed by atoms with Crippen LogP contribution in [-0.2, 0) is 19.0 Å². The van der Waals surface area contributed by atoms with Crippen LogP contribution in [0.15, 0.2) is 0 Å². The molecule has 1 heterocycles. The molecule has 0 aromatic carbocycles. The molecular formula is C21H40O4. The van der Waals surface area contributed by atoms with E-state index in [-0.39, 0.29) is 19.0 Å². The Morgan fingerprint density at radius 3 is 1.84 bits per heavy atom. The third-order valence-electron chi connectivity index (χ3n) is 5.04. The molecule has 1 unspecified atom stereocenters. The molecule has 4 nitrogen and oxygen atoms in total. The Labute approximate surface area is 155 Å². The lowest BCUT2D eigenvalue weighted by atomic mass is 9.95. The predicted octanol–water partition coefficient (Wildman–Crippen LogP) is 5.42. The van der Waals surface area contributed by atoms with Crippen LogP contribution in [0.3, 0.4) is 0 Å². The van der Waals surface area contributed by atoms with Crippen LogP contribution in [0.25, 0.3) is 0 Å². The number of rotatable bonds is 15. The molecule has 1 saturated heterocycles. The van der Waals surface area contributed by atoms with Crippen molar-refractivity contribution in [3.63, 3.8) is 0 Å². The molecule has 0 aromatic rings. The van der Waals surface area contributed by atoms with Crippen molar-refractivity contribution in [3.05, 3.63) is 0 Å². The minimum atomic E-state index is -0.450. The topological polar surface area (TPSA) is 44.8 Å². The first-order valence-corrected chi connectivity index (χ1v) is 10.5. The SMILES string of the molecule is CCCCCCCCCCCCCC(C)(OCC)C1OCC(=O)CO1. The number of hydrogen-bond donors (Lipinski definition) is 0. The molecule has 1 fully saturated rings. The lowest BCUT2D eigenvalue weighted by Gasteiger charge is -2.38. The van der Waals surface area contributed by atoms with Gasteiger partial charge in [-0.25, -0.2) is 0 Å². The van der Waals surface area contributed by atoms with Gasteiger partial charge in [0.25, 0.3) is 0 Å². The van der Waals surface area contributed by atoms with Gasteiger partial charge in [-0.05, 0) is 20.3 Å². The summed E-state index contributed by atoms with van der Waals surface area (Å²) in [6, 6.07) is 0. The zero-order valence-corrected chi connectivity index (χ0v) is 16.8. The number of hydrogen-bond acceptors (Lipinski definition) is 4. The maximum absolute atomic E-state index is 11.3. The molecule has 1 rings (SSSR count). The molecule has 0 bridgehead atoms. The molecule has 0 radical (unpaired) electrons. The zero-order valence-electron chi connectivity index (χ0n) is 16.8. The Balaban J connectivity index is 2.09. The Kier molecular flexibility index (Phi) is 12.4. The Morgan fingerprint density at radius 1 is 0.880 bits per heavy atom. The molecule has 0 aliphatic carbocycles. The second-order valence-corrected chi connectivity index (χ2v) is 7.52. The van der Waals surface area contributed by atoms with Crippen molar-refractivity contribution in [3.8, 4) is 0 Å². The summed E-state index contributed by atoms with van der Waals surface area (Å²) in [6.45, 7) is 7.23. The van der Waals surface area contributed by atoms with Crippen LogP contribution in [0.5, 0.6) is 0 Å². The van der Waals surface area contributed by atoms with Crippen LogP contribution in [0.2, 0.25) is 0 Å². The fourth-order valence-corrected chi connectivity index (χ4v) is 3.51. The van der Waals surface area contributed by atoms with Gasteiger partial charge in [0.15, 0.2) is 12.1 Å². The minimum absolute atomic E-state index is 0.00444. The molecule has 0 amide bonds. The largest absolute Gasteiger partial charge is 0.370 e. The summed E-state index contributed by atoms with van der Waals surface area (Å²) in [7, 11) is 0. The fraction of sp³-hybridized carbons (Fsp3) is 0.952. The van der Waals surface area contributed by atoms with Crippen LogP contribution in [0.4, 0.5) is 0 Å². The van der Waals surface area contributed by atoms with Crippen LogP contribution in [0.1, 0.15) is 97.8 Å². The lowest BCUT2D eigenvalue weighted by molar-refractivity contribution is -0.261. The number of unbranched alkanes of at least 4 members (excludes halogenated alkanes) is 10. The van der Waals surface area contributed by atoms with Crippen molar-refractivity contribution in [2.45, 2.75) is 110 Å². The highest BCUT2D eigenvalue weighted by Crippen LogP contribution is 2.28.